The number of hydrogen-bond acceptors (Lipinski definition) is 3. The quantitative estimate of drug-likeness (QED) is 0.724. The molecular formula is C24H32N2O. The van der Waals surface area contributed by atoms with E-state index in [4.69, 9.17) is 9.72 Å². The highest BCUT2D eigenvalue weighted by Gasteiger charge is 2.48. The second-order valence-electron chi connectivity index (χ2n) is 8.63. The van der Waals surface area contributed by atoms with Gasteiger partial charge in [-0.05, 0) is 63.4 Å². The molecule has 0 bridgehead atoms. The zero-order valence-electron chi connectivity index (χ0n) is 16.6. The van der Waals surface area contributed by atoms with Crippen molar-refractivity contribution >= 4 is 0 Å². The lowest BCUT2D eigenvalue weighted by molar-refractivity contribution is -0.105. The van der Waals surface area contributed by atoms with E-state index >= 15 is 0 Å². The molecule has 27 heavy (non-hydrogen) atoms. The van der Waals surface area contributed by atoms with Crippen LogP contribution in [0, 0.1) is 0 Å². The molecule has 144 valence electrons. The molecule has 1 atom stereocenters. The minimum atomic E-state index is 0.105. The Labute approximate surface area is 163 Å². The zero-order valence-corrected chi connectivity index (χ0v) is 16.6. The molecule has 0 unspecified atom stereocenters. The van der Waals surface area contributed by atoms with Gasteiger partial charge in [-0.3, -0.25) is 4.98 Å². The van der Waals surface area contributed by atoms with Gasteiger partial charge in [0.1, 0.15) is 0 Å². The molecule has 2 aliphatic rings. The Kier molecular flexibility index (Phi) is 5.60. The van der Waals surface area contributed by atoms with Crippen molar-refractivity contribution in [1.82, 2.24) is 9.88 Å². The maximum absolute atomic E-state index is 6.36. The molecule has 4 rings (SSSR count). The monoisotopic (exact) mass is 364 g/mol. The van der Waals surface area contributed by atoms with E-state index in [1.807, 2.05) is 12.3 Å². The lowest BCUT2D eigenvalue weighted by Gasteiger charge is -2.47. The number of rotatable bonds is 6. The molecule has 2 heterocycles. The van der Waals surface area contributed by atoms with Crippen molar-refractivity contribution in [3.05, 3.63) is 66.0 Å². The molecule has 1 saturated carbocycles. The lowest BCUT2D eigenvalue weighted by atomic mass is 9.68. The smallest absolute Gasteiger partial charge is 0.0691 e. The van der Waals surface area contributed by atoms with Gasteiger partial charge in [-0.25, -0.2) is 0 Å². The predicted molar refractivity (Wildman–Crippen MR) is 110 cm³/mol. The highest BCUT2D eigenvalue weighted by Crippen LogP contribution is 2.49. The van der Waals surface area contributed by atoms with Gasteiger partial charge < -0.3 is 9.64 Å². The Morgan fingerprint density at radius 2 is 1.78 bits per heavy atom. The first-order chi connectivity index (χ1) is 13.2. The lowest BCUT2D eigenvalue weighted by Crippen LogP contribution is -2.47. The maximum atomic E-state index is 6.36. The summed E-state index contributed by atoms with van der Waals surface area (Å²) in [5.74, 6) is 0. The van der Waals surface area contributed by atoms with Crippen molar-refractivity contribution in [1.29, 1.82) is 0 Å². The first kappa shape index (κ1) is 18.6. The summed E-state index contributed by atoms with van der Waals surface area (Å²) in [4.78, 5) is 7.27. The van der Waals surface area contributed by atoms with Crippen LogP contribution in [0.5, 0.6) is 0 Å². The molecule has 2 aromatic rings. The second-order valence-corrected chi connectivity index (χ2v) is 8.63. The van der Waals surface area contributed by atoms with Gasteiger partial charge in [0.2, 0.25) is 0 Å². The molecule has 1 saturated heterocycles. The third-order valence-corrected chi connectivity index (χ3v) is 6.64. The van der Waals surface area contributed by atoms with Crippen LogP contribution in [0.2, 0.25) is 0 Å². The summed E-state index contributed by atoms with van der Waals surface area (Å²) < 4.78 is 6.36. The summed E-state index contributed by atoms with van der Waals surface area (Å²) in [6.07, 6.45) is 10.4. The first-order valence-corrected chi connectivity index (χ1v) is 10.5. The number of pyridine rings is 1. The number of nitrogens with zero attached hydrogens (tertiary/aromatic N) is 2. The Morgan fingerprint density at radius 3 is 2.52 bits per heavy atom. The highest BCUT2D eigenvalue weighted by atomic mass is 16.5. The summed E-state index contributed by atoms with van der Waals surface area (Å²) in [7, 11) is 2.24. The van der Waals surface area contributed by atoms with Crippen LogP contribution in [0.4, 0.5) is 0 Å². The van der Waals surface area contributed by atoms with Crippen LogP contribution in [0.1, 0.15) is 56.2 Å². The second kappa shape index (κ2) is 8.12. The van der Waals surface area contributed by atoms with Gasteiger partial charge in [0.25, 0.3) is 0 Å². The third-order valence-electron chi connectivity index (χ3n) is 6.64. The van der Waals surface area contributed by atoms with Gasteiger partial charge >= 0.3 is 0 Å². The van der Waals surface area contributed by atoms with E-state index in [2.05, 4.69) is 54.4 Å². The van der Waals surface area contributed by atoms with E-state index in [1.165, 1.54) is 36.9 Å². The van der Waals surface area contributed by atoms with E-state index in [9.17, 15) is 0 Å². The van der Waals surface area contributed by atoms with Gasteiger partial charge in [0.05, 0.1) is 5.60 Å². The van der Waals surface area contributed by atoms with Gasteiger partial charge in [-0.1, -0.05) is 49.2 Å². The van der Waals surface area contributed by atoms with E-state index in [1.54, 1.807) is 0 Å². The van der Waals surface area contributed by atoms with Gasteiger partial charge in [0, 0.05) is 30.5 Å². The number of aromatic nitrogens is 1. The summed E-state index contributed by atoms with van der Waals surface area (Å²) in [5.41, 5.74) is 2.90. The van der Waals surface area contributed by atoms with Crippen LogP contribution in [-0.4, -0.2) is 35.7 Å². The zero-order chi connectivity index (χ0) is 18.6. The van der Waals surface area contributed by atoms with E-state index in [0.717, 1.165) is 39.0 Å². The normalized spacial score (nSPS) is 24.5. The van der Waals surface area contributed by atoms with E-state index in [-0.39, 0.29) is 11.0 Å². The Bertz CT molecular complexity index is 712. The molecule has 1 aromatic carbocycles. The first-order valence-electron chi connectivity index (χ1n) is 10.5. The van der Waals surface area contributed by atoms with Gasteiger partial charge in [-0.15, -0.1) is 0 Å². The largest absolute Gasteiger partial charge is 0.375 e. The molecule has 2 fully saturated rings. The van der Waals surface area contributed by atoms with Crippen molar-refractivity contribution in [2.45, 2.75) is 62.5 Å². The third kappa shape index (κ3) is 4.25. The molecule has 1 aliphatic carbocycles. The van der Waals surface area contributed by atoms with Crippen molar-refractivity contribution in [3.63, 3.8) is 0 Å². The molecule has 1 spiro atoms. The summed E-state index contributed by atoms with van der Waals surface area (Å²) >= 11 is 0. The molecule has 1 aromatic heterocycles. The Morgan fingerprint density at radius 1 is 1.00 bits per heavy atom. The van der Waals surface area contributed by atoms with Crippen LogP contribution in [0.25, 0.3) is 0 Å². The molecular weight excluding hydrogens is 332 g/mol. The summed E-state index contributed by atoms with van der Waals surface area (Å²) in [6.45, 7) is 2.96. The van der Waals surface area contributed by atoms with Crippen molar-refractivity contribution in [2.24, 2.45) is 0 Å². The summed E-state index contributed by atoms with van der Waals surface area (Å²) in [5, 5.41) is 0. The molecule has 0 N–H and O–H groups in total. The van der Waals surface area contributed by atoms with Crippen LogP contribution >= 0.6 is 0 Å². The van der Waals surface area contributed by atoms with E-state index < -0.39 is 0 Å². The average Bonchev–Trinajstić information content (AvgIpc) is 3.15. The average molecular weight is 365 g/mol. The molecule has 0 amide bonds. The van der Waals surface area contributed by atoms with Gasteiger partial charge in [-0.2, -0.15) is 0 Å². The fourth-order valence-corrected chi connectivity index (χ4v) is 5.18. The fourth-order valence-electron chi connectivity index (χ4n) is 5.18. The summed E-state index contributed by atoms with van der Waals surface area (Å²) in [6, 6.07) is 17.2. The maximum Gasteiger partial charge on any atom is 0.0691 e. The van der Waals surface area contributed by atoms with Gasteiger partial charge in [0.15, 0.2) is 0 Å². The molecule has 1 aliphatic heterocycles. The Hall–Kier alpha value is -1.71. The fraction of sp³-hybridized carbons (Fsp3) is 0.542. The SMILES string of the molecule is CN(CC[C@@]1(c2ccccn2)CCOC2(CCCC2)C1)Cc1ccccc1. The Balaban J connectivity index is 1.50. The minimum absolute atomic E-state index is 0.105. The van der Waals surface area contributed by atoms with Crippen LogP contribution < -0.4 is 0 Å². The van der Waals surface area contributed by atoms with E-state index in [0.29, 0.717) is 0 Å². The molecule has 0 radical (unpaired) electrons. The highest BCUT2D eigenvalue weighted by molar-refractivity contribution is 5.21. The van der Waals surface area contributed by atoms with Crippen molar-refractivity contribution in [2.75, 3.05) is 20.2 Å². The van der Waals surface area contributed by atoms with Crippen LogP contribution in [0.3, 0.4) is 0 Å². The van der Waals surface area contributed by atoms with Crippen LogP contribution in [-0.2, 0) is 16.7 Å². The van der Waals surface area contributed by atoms with Crippen molar-refractivity contribution < 1.29 is 4.74 Å². The standard InChI is InChI=1S/C24H32N2O/c1-26(19-21-9-3-2-4-10-21)17-14-23(22-11-5-8-16-25-22)15-18-27-24(20-23)12-6-7-13-24/h2-5,8-11,16H,6-7,12-15,17-20H2,1H3/t23-/m1/s1. The number of benzene rings is 1. The predicted octanol–water partition coefficient (Wildman–Crippen LogP) is 4.96. The topological polar surface area (TPSA) is 25.4 Å². The number of hydrogen-bond donors (Lipinski definition) is 0. The van der Waals surface area contributed by atoms with Crippen LogP contribution in [0.15, 0.2) is 54.7 Å². The molecule has 3 nitrogen and oxygen atoms in total. The minimum Gasteiger partial charge on any atom is -0.375 e. The van der Waals surface area contributed by atoms with Crippen molar-refractivity contribution in [3.8, 4) is 0 Å². The molecule has 3 heteroatoms. The number of ether oxygens (including phenoxy) is 1.